The molecule has 1 aliphatic heterocycles. The lowest BCUT2D eigenvalue weighted by Gasteiger charge is -2.26. The number of rotatable bonds is 3. The normalized spacial score (nSPS) is 14.8. The lowest BCUT2D eigenvalue weighted by molar-refractivity contribution is -0.128. The summed E-state index contributed by atoms with van der Waals surface area (Å²) in [5.74, 6) is 0.0469. The zero-order valence-corrected chi connectivity index (χ0v) is 13.1. The molecule has 114 valence electrons. The third-order valence-electron chi connectivity index (χ3n) is 3.83. The molecule has 2 heterocycles. The number of hydrogen-bond acceptors (Lipinski definition) is 3. The van der Waals surface area contributed by atoms with Crippen molar-refractivity contribution in [3.8, 4) is 11.3 Å². The summed E-state index contributed by atoms with van der Waals surface area (Å²) in [5.41, 5.74) is 4.37. The molecular formula is C16H17ClN4O. The molecule has 5 nitrogen and oxygen atoms in total. The van der Waals surface area contributed by atoms with Gasteiger partial charge in [-0.3, -0.25) is 9.48 Å². The van der Waals surface area contributed by atoms with Crippen LogP contribution in [0.3, 0.4) is 0 Å². The topological polar surface area (TPSA) is 51.0 Å². The van der Waals surface area contributed by atoms with E-state index in [4.69, 9.17) is 11.6 Å². The van der Waals surface area contributed by atoms with Gasteiger partial charge in [0.25, 0.3) is 0 Å². The van der Waals surface area contributed by atoms with Crippen LogP contribution in [0.25, 0.3) is 16.8 Å². The Morgan fingerprint density at radius 3 is 2.55 bits per heavy atom. The van der Waals surface area contributed by atoms with Crippen LogP contribution in [-0.4, -0.2) is 44.8 Å². The van der Waals surface area contributed by atoms with Crippen molar-refractivity contribution >= 4 is 23.1 Å². The van der Waals surface area contributed by atoms with Gasteiger partial charge >= 0.3 is 0 Å². The van der Waals surface area contributed by atoms with Gasteiger partial charge in [-0.05, 0) is 17.6 Å². The van der Waals surface area contributed by atoms with E-state index in [1.54, 1.807) is 9.58 Å². The van der Waals surface area contributed by atoms with Crippen LogP contribution in [0.15, 0.2) is 36.5 Å². The van der Waals surface area contributed by atoms with Gasteiger partial charge in [-0.25, -0.2) is 0 Å². The molecule has 0 saturated carbocycles. The minimum absolute atomic E-state index is 0.00466. The lowest BCUT2D eigenvalue weighted by atomic mass is 9.98. The van der Waals surface area contributed by atoms with Gasteiger partial charge in [0.05, 0.1) is 6.20 Å². The Kier molecular flexibility index (Phi) is 4.24. The molecule has 1 aromatic carbocycles. The number of carbonyl (C=O) groups excluding carboxylic acids is 1. The number of aromatic nitrogens is 3. The van der Waals surface area contributed by atoms with Gasteiger partial charge < -0.3 is 4.90 Å². The summed E-state index contributed by atoms with van der Waals surface area (Å²) < 4.78 is 1.69. The molecule has 0 unspecified atom stereocenters. The Balaban J connectivity index is 1.74. The Morgan fingerprint density at radius 2 is 2.00 bits per heavy atom. The summed E-state index contributed by atoms with van der Waals surface area (Å²) in [7, 11) is 1.85. The molecule has 0 bridgehead atoms. The standard InChI is InChI=1S/C16H17ClN4O/c1-20-11-15(18-19-20)14-4-2-12(3-5-14)13-6-8-21(9-7-13)16(22)10-17/h2-6,11H,7-10H2,1H3. The SMILES string of the molecule is Cn1cc(-c2ccc(C3=CCN(C(=O)CCl)CC3)cc2)nn1. The van der Waals surface area contributed by atoms with E-state index in [0.29, 0.717) is 6.54 Å². The first-order chi connectivity index (χ1) is 10.7. The Morgan fingerprint density at radius 1 is 1.27 bits per heavy atom. The molecule has 0 spiro atoms. The fourth-order valence-corrected chi connectivity index (χ4v) is 2.75. The average molecular weight is 317 g/mol. The van der Waals surface area contributed by atoms with E-state index in [-0.39, 0.29) is 11.8 Å². The number of aryl methyl sites for hydroxylation is 1. The van der Waals surface area contributed by atoms with Gasteiger partial charge in [0.2, 0.25) is 5.91 Å². The average Bonchev–Trinajstić information content (AvgIpc) is 3.01. The fourth-order valence-electron chi connectivity index (χ4n) is 2.58. The zero-order valence-electron chi connectivity index (χ0n) is 12.4. The molecular weight excluding hydrogens is 300 g/mol. The maximum absolute atomic E-state index is 11.6. The van der Waals surface area contributed by atoms with Crippen LogP contribution in [0.5, 0.6) is 0 Å². The third kappa shape index (κ3) is 3.04. The van der Waals surface area contributed by atoms with E-state index in [0.717, 1.165) is 24.2 Å². The molecule has 0 N–H and O–H groups in total. The maximum atomic E-state index is 11.6. The highest BCUT2D eigenvalue weighted by Crippen LogP contribution is 2.25. The molecule has 0 aliphatic carbocycles. The Bertz CT molecular complexity index is 705. The van der Waals surface area contributed by atoms with Crippen molar-refractivity contribution in [2.24, 2.45) is 7.05 Å². The first-order valence-corrected chi connectivity index (χ1v) is 7.71. The van der Waals surface area contributed by atoms with Crippen molar-refractivity contribution in [3.05, 3.63) is 42.1 Å². The smallest absolute Gasteiger partial charge is 0.237 e. The van der Waals surface area contributed by atoms with E-state index in [1.807, 2.05) is 13.2 Å². The van der Waals surface area contributed by atoms with Crippen LogP contribution in [-0.2, 0) is 11.8 Å². The minimum Gasteiger partial charge on any atom is -0.338 e. The van der Waals surface area contributed by atoms with Crippen LogP contribution < -0.4 is 0 Å². The number of amides is 1. The van der Waals surface area contributed by atoms with Gasteiger partial charge in [-0.1, -0.05) is 35.6 Å². The van der Waals surface area contributed by atoms with Crippen LogP contribution >= 0.6 is 11.6 Å². The van der Waals surface area contributed by atoms with Crippen molar-refractivity contribution in [1.29, 1.82) is 0 Å². The third-order valence-corrected chi connectivity index (χ3v) is 4.06. The molecule has 0 fully saturated rings. The predicted octanol–water partition coefficient (Wildman–Crippen LogP) is 2.34. The molecule has 0 saturated heterocycles. The predicted molar refractivity (Wildman–Crippen MR) is 86.3 cm³/mol. The van der Waals surface area contributed by atoms with E-state index in [2.05, 4.69) is 40.7 Å². The highest BCUT2D eigenvalue weighted by Gasteiger charge is 2.17. The van der Waals surface area contributed by atoms with Gasteiger partial charge in [-0.15, -0.1) is 16.7 Å². The van der Waals surface area contributed by atoms with E-state index in [9.17, 15) is 4.79 Å². The van der Waals surface area contributed by atoms with Crippen molar-refractivity contribution < 1.29 is 4.79 Å². The summed E-state index contributed by atoms with van der Waals surface area (Å²) in [6, 6.07) is 8.29. The van der Waals surface area contributed by atoms with Crippen LogP contribution in [0.4, 0.5) is 0 Å². The van der Waals surface area contributed by atoms with Crippen molar-refractivity contribution in [1.82, 2.24) is 19.9 Å². The second-order valence-electron chi connectivity index (χ2n) is 5.31. The van der Waals surface area contributed by atoms with Gasteiger partial charge in [-0.2, -0.15) is 0 Å². The second kappa shape index (κ2) is 6.32. The fraction of sp³-hybridized carbons (Fsp3) is 0.312. The molecule has 2 aromatic rings. The second-order valence-corrected chi connectivity index (χ2v) is 5.57. The number of alkyl halides is 1. The quantitative estimate of drug-likeness (QED) is 0.817. The van der Waals surface area contributed by atoms with E-state index < -0.39 is 0 Å². The number of halogens is 1. The number of benzene rings is 1. The monoisotopic (exact) mass is 316 g/mol. The van der Waals surface area contributed by atoms with Gasteiger partial charge in [0, 0.05) is 25.7 Å². The van der Waals surface area contributed by atoms with Crippen LogP contribution in [0.2, 0.25) is 0 Å². The number of nitrogens with zero attached hydrogens (tertiary/aromatic N) is 4. The van der Waals surface area contributed by atoms with Crippen LogP contribution in [0.1, 0.15) is 12.0 Å². The maximum Gasteiger partial charge on any atom is 0.237 e. The first kappa shape index (κ1) is 14.8. The number of carbonyl (C=O) groups is 1. The summed E-state index contributed by atoms with van der Waals surface area (Å²) in [5, 5.41) is 8.05. The summed E-state index contributed by atoms with van der Waals surface area (Å²) in [6.07, 6.45) is 4.85. The molecule has 22 heavy (non-hydrogen) atoms. The van der Waals surface area contributed by atoms with E-state index >= 15 is 0 Å². The molecule has 0 radical (unpaired) electrons. The summed E-state index contributed by atoms with van der Waals surface area (Å²) in [6.45, 7) is 1.36. The lowest BCUT2D eigenvalue weighted by Crippen LogP contribution is -2.35. The first-order valence-electron chi connectivity index (χ1n) is 7.17. The zero-order chi connectivity index (χ0) is 15.5. The molecule has 1 aromatic heterocycles. The molecule has 0 atom stereocenters. The highest BCUT2D eigenvalue weighted by molar-refractivity contribution is 6.27. The Hall–Kier alpha value is -2.14. The molecule has 1 aliphatic rings. The highest BCUT2D eigenvalue weighted by atomic mass is 35.5. The van der Waals surface area contributed by atoms with Crippen molar-refractivity contribution in [2.45, 2.75) is 6.42 Å². The van der Waals surface area contributed by atoms with E-state index in [1.165, 1.54) is 11.1 Å². The van der Waals surface area contributed by atoms with Crippen LogP contribution in [0, 0.1) is 0 Å². The molecule has 6 heteroatoms. The van der Waals surface area contributed by atoms with Gasteiger partial charge in [0.1, 0.15) is 11.6 Å². The number of hydrogen-bond donors (Lipinski definition) is 0. The van der Waals surface area contributed by atoms with Crippen molar-refractivity contribution in [3.63, 3.8) is 0 Å². The Labute approximate surface area is 134 Å². The molecule has 1 amide bonds. The summed E-state index contributed by atoms with van der Waals surface area (Å²) in [4.78, 5) is 13.3. The minimum atomic E-state index is -0.00466. The summed E-state index contributed by atoms with van der Waals surface area (Å²) >= 11 is 5.59. The largest absolute Gasteiger partial charge is 0.338 e. The van der Waals surface area contributed by atoms with Gasteiger partial charge in [0.15, 0.2) is 0 Å². The van der Waals surface area contributed by atoms with Crippen molar-refractivity contribution in [2.75, 3.05) is 19.0 Å². The molecule has 3 rings (SSSR count).